The molecule has 0 saturated carbocycles. The second-order valence-electron chi connectivity index (χ2n) is 4.02. The van der Waals surface area contributed by atoms with Crippen LogP contribution in [0.2, 0.25) is 0 Å². The van der Waals surface area contributed by atoms with Crippen molar-refractivity contribution in [1.29, 1.82) is 0 Å². The highest BCUT2D eigenvalue weighted by Gasteiger charge is 2.12. The summed E-state index contributed by atoms with van der Waals surface area (Å²) in [6.07, 6.45) is 1.54. The number of aryl methyl sites for hydroxylation is 1. The number of pyridine rings is 1. The Balaban J connectivity index is 2.09. The molecule has 0 bridgehead atoms. The zero-order valence-corrected chi connectivity index (χ0v) is 11.0. The number of nitrogens with two attached hydrogens (primary N) is 1. The lowest BCUT2D eigenvalue weighted by molar-refractivity contribution is 0.0945. The second-order valence-corrected chi connectivity index (χ2v) is 4.02. The first-order valence-corrected chi connectivity index (χ1v) is 6.05. The van der Waals surface area contributed by atoms with Gasteiger partial charge in [0.2, 0.25) is 0 Å². The van der Waals surface area contributed by atoms with Crippen LogP contribution in [0, 0.1) is 18.8 Å². The van der Waals surface area contributed by atoms with E-state index >= 15 is 0 Å². The summed E-state index contributed by atoms with van der Waals surface area (Å²) in [5.41, 5.74) is 6.80. The number of aromatic nitrogens is 2. The van der Waals surface area contributed by atoms with Crippen LogP contribution in [0.5, 0.6) is 0 Å². The van der Waals surface area contributed by atoms with Crippen molar-refractivity contribution in [1.82, 2.24) is 15.5 Å². The normalized spacial score (nSPS) is 9.70. The largest absolute Gasteiger partial charge is 0.361 e. The fourth-order valence-corrected chi connectivity index (χ4v) is 1.59. The van der Waals surface area contributed by atoms with Gasteiger partial charge in [-0.2, -0.15) is 0 Å². The van der Waals surface area contributed by atoms with Gasteiger partial charge in [-0.3, -0.25) is 4.79 Å². The average Bonchev–Trinajstić information content (AvgIpc) is 2.88. The maximum atomic E-state index is 12.1. The van der Waals surface area contributed by atoms with Gasteiger partial charge < -0.3 is 15.6 Å². The number of carbonyl (C=O) groups excluding carboxylic acids is 1. The molecule has 0 spiro atoms. The lowest BCUT2D eigenvalue weighted by Crippen LogP contribution is -2.24. The van der Waals surface area contributed by atoms with Gasteiger partial charge in [0.1, 0.15) is 17.1 Å². The highest BCUT2D eigenvalue weighted by atomic mass is 16.5. The third-order valence-electron chi connectivity index (χ3n) is 2.45. The number of hydrogen-bond acceptors (Lipinski definition) is 5. The summed E-state index contributed by atoms with van der Waals surface area (Å²) in [5.74, 6) is 5.91. The van der Waals surface area contributed by atoms with E-state index in [4.69, 9.17) is 10.3 Å². The number of nitrogens with one attached hydrogen (secondary N) is 1. The zero-order valence-electron chi connectivity index (χ0n) is 11.0. The van der Waals surface area contributed by atoms with Crippen LogP contribution >= 0.6 is 0 Å². The summed E-state index contributed by atoms with van der Waals surface area (Å²) < 4.78 is 4.93. The van der Waals surface area contributed by atoms with Crippen molar-refractivity contribution in [2.45, 2.75) is 13.5 Å². The lowest BCUT2D eigenvalue weighted by atomic mass is 10.2. The van der Waals surface area contributed by atoms with Crippen molar-refractivity contribution in [3.05, 3.63) is 47.1 Å². The van der Waals surface area contributed by atoms with Crippen molar-refractivity contribution in [3.8, 4) is 11.8 Å². The third kappa shape index (κ3) is 3.43. The quantitative estimate of drug-likeness (QED) is 0.797. The third-order valence-corrected chi connectivity index (χ3v) is 2.45. The molecule has 2 aromatic rings. The molecule has 6 nitrogen and oxygen atoms in total. The molecule has 0 fully saturated rings. The van der Waals surface area contributed by atoms with Crippen LogP contribution in [0.4, 0.5) is 0 Å². The molecule has 2 heterocycles. The van der Waals surface area contributed by atoms with E-state index in [1.165, 1.54) is 0 Å². The zero-order chi connectivity index (χ0) is 14.4. The van der Waals surface area contributed by atoms with E-state index in [-0.39, 0.29) is 24.7 Å². The number of amides is 1. The molecule has 0 aliphatic carbocycles. The smallest absolute Gasteiger partial charge is 0.271 e. The highest BCUT2D eigenvalue weighted by Crippen LogP contribution is 2.05. The van der Waals surface area contributed by atoms with E-state index in [2.05, 4.69) is 27.3 Å². The van der Waals surface area contributed by atoms with Gasteiger partial charge in [-0.1, -0.05) is 17.0 Å². The predicted octanol–water partition coefficient (Wildman–Crippen LogP) is 0.618. The monoisotopic (exact) mass is 270 g/mol. The Morgan fingerprint density at radius 1 is 1.55 bits per heavy atom. The maximum absolute atomic E-state index is 12.1. The summed E-state index contributed by atoms with van der Waals surface area (Å²) in [6.45, 7) is 2.29. The minimum atomic E-state index is -0.312. The van der Waals surface area contributed by atoms with Crippen molar-refractivity contribution in [2.24, 2.45) is 5.73 Å². The summed E-state index contributed by atoms with van der Waals surface area (Å²) in [7, 11) is 0. The standard InChI is InChI=1S/C14H14N4O2/c1-10-8-12(18-20-10)9-17-14(19)13-11(4-2-6-15)5-3-7-16-13/h3,5,7-8H,6,9,15H2,1H3,(H,17,19). The number of rotatable bonds is 3. The van der Waals surface area contributed by atoms with E-state index in [1.54, 1.807) is 31.3 Å². The topological polar surface area (TPSA) is 94.0 Å². The summed E-state index contributed by atoms with van der Waals surface area (Å²) in [4.78, 5) is 16.1. The van der Waals surface area contributed by atoms with Gasteiger partial charge in [-0.05, 0) is 19.1 Å². The van der Waals surface area contributed by atoms with Gasteiger partial charge in [0.15, 0.2) is 0 Å². The van der Waals surface area contributed by atoms with E-state index in [0.717, 1.165) is 0 Å². The molecule has 0 unspecified atom stereocenters. The Morgan fingerprint density at radius 3 is 3.10 bits per heavy atom. The predicted molar refractivity (Wildman–Crippen MR) is 72.6 cm³/mol. The Labute approximate surface area is 116 Å². The van der Waals surface area contributed by atoms with E-state index in [9.17, 15) is 4.79 Å². The number of carbonyl (C=O) groups is 1. The van der Waals surface area contributed by atoms with Crippen LogP contribution in [0.25, 0.3) is 0 Å². The molecular formula is C14H14N4O2. The molecule has 20 heavy (non-hydrogen) atoms. The molecule has 0 aliphatic heterocycles. The van der Waals surface area contributed by atoms with Crippen LogP contribution in [0.3, 0.4) is 0 Å². The molecule has 0 radical (unpaired) electrons. The summed E-state index contributed by atoms with van der Waals surface area (Å²) >= 11 is 0. The molecule has 2 rings (SSSR count). The number of nitrogens with zero attached hydrogens (tertiary/aromatic N) is 2. The van der Waals surface area contributed by atoms with Crippen LogP contribution < -0.4 is 11.1 Å². The van der Waals surface area contributed by atoms with Gasteiger partial charge in [0, 0.05) is 12.3 Å². The summed E-state index contributed by atoms with van der Waals surface area (Å²) in [5, 5.41) is 6.52. The van der Waals surface area contributed by atoms with Gasteiger partial charge in [0.05, 0.1) is 18.7 Å². The van der Waals surface area contributed by atoms with Crippen LogP contribution in [0.1, 0.15) is 27.5 Å². The van der Waals surface area contributed by atoms with Gasteiger partial charge >= 0.3 is 0 Å². The van der Waals surface area contributed by atoms with E-state index < -0.39 is 0 Å². The molecule has 0 saturated heterocycles. The molecule has 0 aliphatic rings. The van der Waals surface area contributed by atoms with Crippen molar-refractivity contribution >= 4 is 5.91 Å². The molecule has 0 atom stereocenters. The Kier molecular flexibility index (Phi) is 4.47. The SMILES string of the molecule is Cc1cc(CNC(=O)c2ncccc2C#CCN)no1. The van der Waals surface area contributed by atoms with Crippen molar-refractivity contribution in [3.63, 3.8) is 0 Å². The van der Waals surface area contributed by atoms with Crippen molar-refractivity contribution < 1.29 is 9.32 Å². The molecule has 6 heteroatoms. The fourth-order valence-electron chi connectivity index (χ4n) is 1.59. The lowest BCUT2D eigenvalue weighted by Gasteiger charge is -2.04. The van der Waals surface area contributed by atoms with Gasteiger partial charge in [0.25, 0.3) is 5.91 Å². The van der Waals surface area contributed by atoms with E-state index in [1.807, 2.05) is 0 Å². The first kappa shape index (κ1) is 13.8. The minimum absolute atomic E-state index is 0.230. The highest BCUT2D eigenvalue weighted by molar-refractivity contribution is 5.94. The maximum Gasteiger partial charge on any atom is 0.271 e. The summed E-state index contributed by atoms with van der Waals surface area (Å²) in [6, 6.07) is 5.21. The molecule has 0 aromatic carbocycles. The molecule has 102 valence electrons. The minimum Gasteiger partial charge on any atom is -0.361 e. The Hall–Kier alpha value is -2.65. The molecular weight excluding hydrogens is 256 g/mol. The molecule has 1 amide bonds. The Morgan fingerprint density at radius 2 is 2.40 bits per heavy atom. The Bertz CT molecular complexity index is 667. The van der Waals surface area contributed by atoms with Crippen LogP contribution in [-0.2, 0) is 6.54 Å². The number of hydrogen-bond donors (Lipinski definition) is 2. The van der Waals surface area contributed by atoms with Crippen molar-refractivity contribution in [2.75, 3.05) is 6.54 Å². The van der Waals surface area contributed by atoms with Gasteiger partial charge in [-0.15, -0.1) is 0 Å². The fraction of sp³-hybridized carbons (Fsp3) is 0.214. The second kappa shape index (κ2) is 6.50. The van der Waals surface area contributed by atoms with Gasteiger partial charge in [-0.25, -0.2) is 4.98 Å². The van der Waals surface area contributed by atoms with Crippen LogP contribution in [-0.4, -0.2) is 22.6 Å². The van der Waals surface area contributed by atoms with E-state index in [0.29, 0.717) is 17.0 Å². The molecule has 2 aromatic heterocycles. The average molecular weight is 270 g/mol. The van der Waals surface area contributed by atoms with Crippen LogP contribution in [0.15, 0.2) is 28.9 Å². The first-order valence-electron chi connectivity index (χ1n) is 6.05. The first-order chi connectivity index (χ1) is 9.70. The molecule has 3 N–H and O–H groups in total.